The Morgan fingerprint density at radius 3 is 2.48 bits per heavy atom. The molecular weight excluding hydrogens is 418 g/mol. The Hall–Kier alpha value is -4.20. The minimum absolute atomic E-state index is 0.155. The van der Waals surface area contributed by atoms with E-state index in [0.29, 0.717) is 35.4 Å². The quantitative estimate of drug-likeness (QED) is 0.445. The number of benzene rings is 2. The molecule has 0 saturated carbocycles. The number of carbonyl (C=O) groups excluding carboxylic acids is 1. The third-order valence-electron chi connectivity index (χ3n) is 5.82. The van der Waals surface area contributed by atoms with Gasteiger partial charge in [0.2, 0.25) is 5.91 Å². The average molecular weight is 441 g/mol. The Kier molecular flexibility index (Phi) is 5.48. The molecule has 2 aromatic carbocycles. The molecule has 1 aliphatic rings. The van der Waals surface area contributed by atoms with Crippen LogP contribution in [0.4, 0.5) is 5.82 Å². The molecule has 5 rings (SSSR count). The smallest absolute Gasteiger partial charge is 0.384 e. The van der Waals surface area contributed by atoms with Gasteiger partial charge in [-0.05, 0) is 52.9 Å². The molecule has 0 aliphatic carbocycles. The molecule has 0 bridgehead atoms. The van der Waals surface area contributed by atoms with Crippen molar-refractivity contribution in [2.45, 2.75) is 25.9 Å². The number of pyridine rings is 1. The number of rotatable bonds is 6. The van der Waals surface area contributed by atoms with Gasteiger partial charge in [-0.25, -0.2) is 9.78 Å². The van der Waals surface area contributed by atoms with Crippen LogP contribution in [0.1, 0.15) is 24.0 Å². The van der Waals surface area contributed by atoms with Crippen molar-refractivity contribution in [1.29, 1.82) is 0 Å². The number of hydrogen-bond donors (Lipinski definition) is 2. The maximum absolute atomic E-state index is 12.0. The Bertz CT molecular complexity index is 1400. The Labute approximate surface area is 190 Å². The van der Waals surface area contributed by atoms with E-state index in [-0.39, 0.29) is 11.6 Å². The molecule has 1 fully saturated rings. The lowest BCUT2D eigenvalue weighted by atomic mass is 10.0. The Morgan fingerprint density at radius 2 is 1.73 bits per heavy atom. The van der Waals surface area contributed by atoms with Gasteiger partial charge < -0.3 is 15.4 Å². The van der Waals surface area contributed by atoms with Gasteiger partial charge in [0.25, 0.3) is 0 Å². The van der Waals surface area contributed by atoms with Crippen molar-refractivity contribution in [3.63, 3.8) is 0 Å². The van der Waals surface area contributed by atoms with Gasteiger partial charge in [-0.15, -0.1) is 4.73 Å². The number of fused-ring (bicyclic) bond motifs is 1. The summed E-state index contributed by atoms with van der Waals surface area (Å²) in [7, 11) is 0. The predicted molar refractivity (Wildman–Crippen MR) is 125 cm³/mol. The van der Waals surface area contributed by atoms with E-state index in [0.717, 1.165) is 35.2 Å². The number of amides is 1. The third-order valence-corrected chi connectivity index (χ3v) is 5.82. The summed E-state index contributed by atoms with van der Waals surface area (Å²) in [4.78, 5) is 33.9. The van der Waals surface area contributed by atoms with Gasteiger partial charge in [0, 0.05) is 32.3 Å². The van der Waals surface area contributed by atoms with Crippen molar-refractivity contribution in [2.24, 2.45) is 0 Å². The van der Waals surface area contributed by atoms with Gasteiger partial charge in [0.05, 0.1) is 5.39 Å². The molecule has 1 amide bonds. The van der Waals surface area contributed by atoms with Gasteiger partial charge in [-0.2, -0.15) is 4.98 Å². The van der Waals surface area contributed by atoms with Crippen LogP contribution in [-0.4, -0.2) is 37.3 Å². The lowest BCUT2D eigenvalue weighted by Crippen LogP contribution is -2.23. The molecule has 1 aliphatic heterocycles. The lowest BCUT2D eigenvalue weighted by molar-refractivity contribution is -0.128. The maximum atomic E-state index is 12.0. The molecule has 0 spiro atoms. The van der Waals surface area contributed by atoms with Crippen LogP contribution in [0, 0.1) is 0 Å². The van der Waals surface area contributed by atoms with E-state index in [1.54, 1.807) is 12.1 Å². The molecular formula is C25H23N5O3. The summed E-state index contributed by atoms with van der Waals surface area (Å²) < 4.78 is 0.448. The van der Waals surface area contributed by atoms with E-state index in [4.69, 9.17) is 0 Å². The monoisotopic (exact) mass is 441 g/mol. The molecule has 8 heteroatoms. The fourth-order valence-electron chi connectivity index (χ4n) is 4.17. The topological polar surface area (TPSA) is 100 Å². The third kappa shape index (κ3) is 4.27. The lowest BCUT2D eigenvalue weighted by Gasteiger charge is -2.16. The Morgan fingerprint density at radius 1 is 0.970 bits per heavy atom. The minimum Gasteiger partial charge on any atom is -0.422 e. The van der Waals surface area contributed by atoms with Gasteiger partial charge in [-0.1, -0.05) is 36.4 Å². The number of aromatic nitrogens is 3. The van der Waals surface area contributed by atoms with Crippen LogP contribution in [0.2, 0.25) is 0 Å². The zero-order valence-corrected chi connectivity index (χ0v) is 17.9. The zero-order valence-electron chi connectivity index (χ0n) is 17.9. The summed E-state index contributed by atoms with van der Waals surface area (Å²) in [6.45, 7) is 1.90. The summed E-state index contributed by atoms with van der Waals surface area (Å²) >= 11 is 0. The highest BCUT2D eigenvalue weighted by Crippen LogP contribution is 2.24. The van der Waals surface area contributed by atoms with E-state index in [2.05, 4.69) is 39.6 Å². The van der Waals surface area contributed by atoms with Gasteiger partial charge in [0.15, 0.2) is 5.65 Å². The molecule has 0 unspecified atom stereocenters. The number of nitrogens with one attached hydrogen (secondary N) is 1. The molecule has 3 heterocycles. The van der Waals surface area contributed by atoms with Crippen LogP contribution < -0.4 is 11.0 Å². The van der Waals surface area contributed by atoms with Crippen molar-refractivity contribution < 1.29 is 10.0 Å². The van der Waals surface area contributed by atoms with Gasteiger partial charge >= 0.3 is 5.69 Å². The molecule has 0 atom stereocenters. The zero-order chi connectivity index (χ0) is 22.8. The molecule has 1 saturated heterocycles. The van der Waals surface area contributed by atoms with E-state index in [9.17, 15) is 14.8 Å². The highest BCUT2D eigenvalue weighted by molar-refractivity contribution is 5.86. The fourth-order valence-corrected chi connectivity index (χ4v) is 4.17. The van der Waals surface area contributed by atoms with Crippen molar-refractivity contribution in [2.75, 3.05) is 11.9 Å². The fraction of sp³-hybridized carbons (Fsp3) is 0.200. The van der Waals surface area contributed by atoms with Crippen molar-refractivity contribution in [1.82, 2.24) is 19.6 Å². The second kappa shape index (κ2) is 8.74. The van der Waals surface area contributed by atoms with Crippen LogP contribution in [0.15, 0.2) is 71.7 Å². The summed E-state index contributed by atoms with van der Waals surface area (Å²) in [6.07, 6.45) is 3.08. The summed E-state index contributed by atoms with van der Waals surface area (Å²) in [5.41, 5.74) is 3.64. The van der Waals surface area contributed by atoms with Crippen molar-refractivity contribution in [3.05, 3.63) is 88.5 Å². The number of carbonyl (C=O) groups is 1. The maximum Gasteiger partial charge on any atom is 0.384 e. The highest BCUT2D eigenvalue weighted by Gasteiger charge is 2.20. The van der Waals surface area contributed by atoms with Crippen LogP contribution in [0.3, 0.4) is 0 Å². The number of anilines is 1. The second-order valence-corrected chi connectivity index (χ2v) is 8.10. The van der Waals surface area contributed by atoms with Crippen LogP contribution >= 0.6 is 0 Å². The van der Waals surface area contributed by atoms with Crippen LogP contribution in [0.25, 0.3) is 22.2 Å². The van der Waals surface area contributed by atoms with Crippen molar-refractivity contribution >= 4 is 22.8 Å². The molecule has 166 valence electrons. The molecule has 33 heavy (non-hydrogen) atoms. The molecule has 0 radical (unpaired) electrons. The largest absolute Gasteiger partial charge is 0.422 e. The van der Waals surface area contributed by atoms with E-state index in [1.807, 2.05) is 29.2 Å². The Balaban J connectivity index is 1.36. The number of likely N-dealkylation sites (tertiary alicyclic amines) is 1. The normalized spacial score (nSPS) is 13.6. The molecule has 4 aromatic rings. The van der Waals surface area contributed by atoms with E-state index >= 15 is 0 Å². The summed E-state index contributed by atoms with van der Waals surface area (Å²) in [5.74, 6) is 0.592. The standard InChI is InChI=1S/C25H23N5O3/c31-22-10-4-12-29(22)16-18-6-2-8-20(14-18)19-7-1-5-17(13-19)15-27-23-21-9-3-11-26-24(21)30(33)25(32)28-23/h1-3,5-9,11,13-14,33H,4,10,12,15-16H2,(H,27,28,32). The first-order valence-corrected chi connectivity index (χ1v) is 10.9. The van der Waals surface area contributed by atoms with E-state index < -0.39 is 5.69 Å². The number of hydrogen-bond acceptors (Lipinski definition) is 6. The average Bonchev–Trinajstić information content (AvgIpc) is 3.25. The van der Waals surface area contributed by atoms with Crippen LogP contribution in [-0.2, 0) is 17.9 Å². The summed E-state index contributed by atoms with van der Waals surface area (Å²) in [5, 5.41) is 13.6. The molecule has 2 aromatic heterocycles. The molecule has 8 nitrogen and oxygen atoms in total. The van der Waals surface area contributed by atoms with E-state index in [1.165, 1.54) is 6.20 Å². The highest BCUT2D eigenvalue weighted by atomic mass is 16.5. The minimum atomic E-state index is -0.786. The van der Waals surface area contributed by atoms with Crippen LogP contribution in [0.5, 0.6) is 0 Å². The first-order chi connectivity index (χ1) is 16.1. The first kappa shape index (κ1) is 20.7. The van der Waals surface area contributed by atoms with Gasteiger partial charge in [-0.3, -0.25) is 4.79 Å². The predicted octanol–water partition coefficient (Wildman–Crippen LogP) is 3.43. The first-order valence-electron chi connectivity index (χ1n) is 10.9. The van der Waals surface area contributed by atoms with Crippen molar-refractivity contribution in [3.8, 4) is 11.1 Å². The number of nitrogens with zero attached hydrogens (tertiary/aromatic N) is 4. The van der Waals surface area contributed by atoms with Gasteiger partial charge in [0.1, 0.15) is 5.82 Å². The molecule has 2 N–H and O–H groups in total. The summed E-state index contributed by atoms with van der Waals surface area (Å²) in [6, 6.07) is 19.8. The SMILES string of the molecule is O=C1CCCN1Cc1cccc(-c2cccc(CNc3nc(=O)n(O)c4ncccc34)c2)c1. The second-order valence-electron chi connectivity index (χ2n) is 8.10.